The van der Waals surface area contributed by atoms with Gasteiger partial charge in [0.05, 0.1) is 0 Å². The third-order valence-corrected chi connectivity index (χ3v) is 2.13. The Morgan fingerprint density at radius 1 is 1.18 bits per heavy atom. The lowest BCUT2D eigenvalue weighted by atomic mass is 10.1. The first-order valence-corrected chi connectivity index (χ1v) is 3.63. The van der Waals surface area contributed by atoms with E-state index in [2.05, 4.69) is 12.6 Å². The van der Waals surface area contributed by atoms with E-state index in [1.54, 1.807) is 6.92 Å². The van der Waals surface area contributed by atoms with Crippen molar-refractivity contribution in [1.29, 1.82) is 0 Å². The van der Waals surface area contributed by atoms with Crippen molar-refractivity contribution in [3.63, 3.8) is 0 Å². The first kappa shape index (κ1) is 8.53. The Morgan fingerprint density at radius 2 is 1.73 bits per heavy atom. The zero-order valence-electron chi connectivity index (χ0n) is 6.28. The van der Waals surface area contributed by atoms with Crippen molar-refractivity contribution in [3.8, 4) is 0 Å². The summed E-state index contributed by atoms with van der Waals surface area (Å²) in [4.78, 5) is 0.352. The van der Waals surface area contributed by atoms with Crippen molar-refractivity contribution in [1.82, 2.24) is 0 Å². The van der Waals surface area contributed by atoms with Gasteiger partial charge in [-0.05, 0) is 25.5 Å². The molecule has 1 rings (SSSR count). The van der Waals surface area contributed by atoms with Gasteiger partial charge in [-0.1, -0.05) is 0 Å². The molecule has 0 amide bonds. The van der Waals surface area contributed by atoms with Crippen LogP contribution in [0.25, 0.3) is 0 Å². The van der Waals surface area contributed by atoms with Crippen molar-refractivity contribution in [2.24, 2.45) is 0 Å². The molecule has 0 aromatic heterocycles. The molecule has 0 atom stereocenters. The van der Waals surface area contributed by atoms with Crippen LogP contribution in [0.15, 0.2) is 11.0 Å². The van der Waals surface area contributed by atoms with Gasteiger partial charge in [-0.3, -0.25) is 0 Å². The van der Waals surface area contributed by atoms with Crippen molar-refractivity contribution < 1.29 is 8.78 Å². The molecule has 0 nitrogen and oxygen atoms in total. The van der Waals surface area contributed by atoms with Crippen LogP contribution >= 0.6 is 12.6 Å². The molecule has 0 bridgehead atoms. The predicted molar refractivity (Wildman–Crippen MR) is 43.1 cm³/mol. The normalized spacial score (nSPS) is 10.3. The van der Waals surface area contributed by atoms with Crippen LogP contribution in [0.2, 0.25) is 0 Å². The maximum Gasteiger partial charge on any atom is 0.133 e. The maximum absolute atomic E-state index is 13.0. The first-order valence-electron chi connectivity index (χ1n) is 3.18. The molecule has 0 spiro atoms. The molecule has 0 saturated heterocycles. The number of rotatable bonds is 0. The second kappa shape index (κ2) is 2.81. The van der Waals surface area contributed by atoms with Crippen molar-refractivity contribution in [3.05, 3.63) is 28.8 Å². The summed E-state index contributed by atoms with van der Waals surface area (Å²) in [5.74, 6) is -1.05. The molecule has 0 aliphatic rings. The quantitative estimate of drug-likeness (QED) is 0.574. The standard InChI is InChI=1S/C8H8F2S/c1-4-6(9)3-7(11)5(2)8(4)10/h3,11H,1-2H3. The summed E-state index contributed by atoms with van der Waals surface area (Å²) in [7, 11) is 0. The summed E-state index contributed by atoms with van der Waals surface area (Å²) in [5, 5.41) is 0. The fourth-order valence-electron chi connectivity index (χ4n) is 0.835. The van der Waals surface area contributed by atoms with Gasteiger partial charge in [-0.2, -0.15) is 0 Å². The Labute approximate surface area is 69.6 Å². The summed E-state index contributed by atoms with van der Waals surface area (Å²) in [6.07, 6.45) is 0. The van der Waals surface area contributed by atoms with Crippen LogP contribution in [-0.2, 0) is 0 Å². The highest BCUT2D eigenvalue weighted by Gasteiger charge is 2.09. The molecule has 0 radical (unpaired) electrons. The number of benzene rings is 1. The third-order valence-electron chi connectivity index (χ3n) is 1.66. The van der Waals surface area contributed by atoms with Crippen LogP contribution in [-0.4, -0.2) is 0 Å². The second-order valence-corrected chi connectivity index (χ2v) is 2.92. The average Bonchev–Trinajstić information content (AvgIpc) is 1.97. The first-order chi connectivity index (χ1) is 5.04. The van der Waals surface area contributed by atoms with Gasteiger partial charge in [0, 0.05) is 10.5 Å². The minimum Gasteiger partial charge on any atom is -0.207 e. The third kappa shape index (κ3) is 1.38. The Morgan fingerprint density at radius 3 is 2.27 bits per heavy atom. The van der Waals surface area contributed by atoms with Crippen molar-refractivity contribution >= 4 is 12.6 Å². The highest BCUT2D eigenvalue weighted by Crippen LogP contribution is 2.21. The van der Waals surface area contributed by atoms with Crippen molar-refractivity contribution in [2.45, 2.75) is 18.7 Å². The summed E-state index contributed by atoms with van der Waals surface area (Å²) < 4.78 is 25.7. The van der Waals surface area contributed by atoms with Crippen LogP contribution in [0, 0.1) is 25.5 Å². The van der Waals surface area contributed by atoms with Crippen LogP contribution in [0.4, 0.5) is 8.78 Å². The average molecular weight is 174 g/mol. The van der Waals surface area contributed by atoms with Crippen LogP contribution in [0.5, 0.6) is 0 Å². The second-order valence-electron chi connectivity index (χ2n) is 2.44. The molecule has 0 unspecified atom stereocenters. The van der Waals surface area contributed by atoms with Gasteiger partial charge in [-0.15, -0.1) is 12.6 Å². The largest absolute Gasteiger partial charge is 0.207 e. The lowest BCUT2D eigenvalue weighted by Gasteiger charge is -2.04. The lowest BCUT2D eigenvalue weighted by molar-refractivity contribution is 0.555. The molecule has 0 fully saturated rings. The fourth-order valence-corrected chi connectivity index (χ4v) is 1.05. The summed E-state index contributed by atoms with van der Waals surface area (Å²) in [5.41, 5.74) is 0.451. The van der Waals surface area contributed by atoms with E-state index < -0.39 is 11.6 Å². The van der Waals surface area contributed by atoms with Crippen LogP contribution in [0.3, 0.4) is 0 Å². The van der Waals surface area contributed by atoms with E-state index in [0.29, 0.717) is 10.5 Å². The zero-order valence-corrected chi connectivity index (χ0v) is 7.17. The molecule has 0 aliphatic carbocycles. The number of thiol groups is 1. The Balaban J connectivity index is 3.46. The predicted octanol–water partition coefficient (Wildman–Crippen LogP) is 2.87. The number of hydrogen-bond donors (Lipinski definition) is 1. The fraction of sp³-hybridized carbons (Fsp3) is 0.250. The molecule has 3 heteroatoms. The molecule has 1 aromatic rings. The monoisotopic (exact) mass is 174 g/mol. The van der Waals surface area contributed by atoms with Gasteiger partial charge in [-0.25, -0.2) is 8.78 Å². The molecule has 1 aromatic carbocycles. The van der Waals surface area contributed by atoms with Crippen molar-refractivity contribution in [2.75, 3.05) is 0 Å². The van der Waals surface area contributed by atoms with Gasteiger partial charge < -0.3 is 0 Å². The Bertz CT molecular complexity index is 268. The van der Waals surface area contributed by atoms with E-state index in [4.69, 9.17) is 0 Å². The smallest absolute Gasteiger partial charge is 0.133 e. The minimum absolute atomic E-state index is 0.0558. The molecule has 0 aliphatic heterocycles. The van der Waals surface area contributed by atoms with E-state index >= 15 is 0 Å². The molecule has 0 saturated carbocycles. The zero-order chi connectivity index (χ0) is 8.59. The molecular weight excluding hydrogens is 166 g/mol. The van der Waals surface area contributed by atoms with E-state index in [0.717, 1.165) is 0 Å². The van der Waals surface area contributed by atoms with E-state index in [9.17, 15) is 8.78 Å². The van der Waals surface area contributed by atoms with E-state index in [1.165, 1.54) is 13.0 Å². The topological polar surface area (TPSA) is 0 Å². The van der Waals surface area contributed by atoms with Crippen LogP contribution < -0.4 is 0 Å². The highest BCUT2D eigenvalue weighted by molar-refractivity contribution is 7.80. The summed E-state index contributed by atoms with van der Waals surface area (Å²) in [6.45, 7) is 2.98. The molecule has 0 N–H and O–H groups in total. The molecule has 60 valence electrons. The van der Waals surface area contributed by atoms with E-state index in [1.807, 2.05) is 0 Å². The summed E-state index contributed by atoms with van der Waals surface area (Å²) in [6, 6.07) is 1.22. The Kier molecular flexibility index (Phi) is 2.18. The van der Waals surface area contributed by atoms with Gasteiger partial charge in [0.1, 0.15) is 11.6 Å². The van der Waals surface area contributed by atoms with E-state index in [-0.39, 0.29) is 5.56 Å². The Hall–Kier alpha value is -0.570. The lowest BCUT2D eigenvalue weighted by Crippen LogP contribution is -1.93. The molecular formula is C8H8F2S. The van der Waals surface area contributed by atoms with Gasteiger partial charge in [0.15, 0.2) is 0 Å². The number of halogens is 2. The molecule has 0 heterocycles. The minimum atomic E-state index is -0.543. The maximum atomic E-state index is 13.0. The SMILES string of the molecule is Cc1c(F)cc(S)c(C)c1F. The van der Waals surface area contributed by atoms with Gasteiger partial charge >= 0.3 is 0 Å². The van der Waals surface area contributed by atoms with Crippen LogP contribution in [0.1, 0.15) is 11.1 Å². The summed E-state index contributed by atoms with van der Waals surface area (Å²) >= 11 is 3.90. The number of hydrogen-bond acceptors (Lipinski definition) is 1. The van der Waals surface area contributed by atoms with Gasteiger partial charge in [0.2, 0.25) is 0 Å². The van der Waals surface area contributed by atoms with Gasteiger partial charge in [0.25, 0.3) is 0 Å². The molecule has 11 heavy (non-hydrogen) atoms. The highest BCUT2D eigenvalue weighted by atomic mass is 32.1.